The number of nitrogens with one attached hydrogen (secondary N) is 2. The van der Waals surface area contributed by atoms with Crippen molar-refractivity contribution >= 4 is 38.3 Å². The Hall–Kier alpha value is -1.86. The van der Waals surface area contributed by atoms with E-state index < -0.39 is 0 Å². The van der Waals surface area contributed by atoms with E-state index in [1.807, 2.05) is 19.9 Å². The lowest BCUT2D eigenvalue weighted by atomic mass is 10.2. The molecule has 0 bridgehead atoms. The lowest BCUT2D eigenvalue weighted by Crippen LogP contribution is -2.17. The number of thiazole rings is 1. The van der Waals surface area contributed by atoms with Crippen molar-refractivity contribution < 1.29 is 9.53 Å². The minimum absolute atomic E-state index is 0.0388. The second kappa shape index (κ2) is 5.41. The highest BCUT2D eigenvalue weighted by Crippen LogP contribution is 2.35. The zero-order valence-electron chi connectivity index (χ0n) is 11.0. The van der Waals surface area contributed by atoms with Crippen LogP contribution < -0.4 is 21.3 Å². The summed E-state index contributed by atoms with van der Waals surface area (Å²) >= 11 is 1.40. The highest BCUT2D eigenvalue weighted by Gasteiger charge is 2.13. The Labute approximate surface area is 114 Å². The van der Waals surface area contributed by atoms with Gasteiger partial charge in [-0.15, -0.1) is 0 Å². The molecule has 2 rings (SSSR count). The van der Waals surface area contributed by atoms with Crippen LogP contribution in [0.2, 0.25) is 0 Å². The summed E-state index contributed by atoms with van der Waals surface area (Å²) in [6.45, 7) is 3.68. The van der Waals surface area contributed by atoms with Crippen molar-refractivity contribution in [2.24, 2.45) is 11.8 Å². The molecule has 0 unspecified atom stereocenters. The highest BCUT2D eigenvalue weighted by molar-refractivity contribution is 7.22. The molecule has 6 nitrogen and oxygen atoms in total. The van der Waals surface area contributed by atoms with Crippen LogP contribution in [0.4, 0.5) is 10.8 Å². The van der Waals surface area contributed by atoms with Crippen molar-refractivity contribution in [2.45, 2.75) is 13.8 Å². The van der Waals surface area contributed by atoms with Crippen molar-refractivity contribution in [3.05, 3.63) is 12.1 Å². The molecule has 19 heavy (non-hydrogen) atoms. The first kappa shape index (κ1) is 13.6. The van der Waals surface area contributed by atoms with Crippen LogP contribution in [-0.4, -0.2) is 18.0 Å². The van der Waals surface area contributed by atoms with Crippen LogP contribution in [0.1, 0.15) is 13.8 Å². The molecule has 1 aromatic heterocycles. The Balaban J connectivity index is 2.43. The number of aromatic nitrogens is 1. The van der Waals surface area contributed by atoms with Gasteiger partial charge in [-0.05, 0) is 6.07 Å². The first-order valence-electron chi connectivity index (χ1n) is 5.81. The Morgan fingerprint density at radius 2 is 2.21 bits per heavy atom. The second-order valence-corrected chi connectivity index (χ2v) is 5.36. The summed E-state index contributed by atoms with van der Waals surface area (Å²) in [5.74, 6) is 5.84. The average Bonchev–Trinajstić information content (AvgIpc) is 2.80. The average molecular weight is 280 g/mol. The van der Waals surface area contributed by atoms with Gasteiger partial charge in [0, 0.05) is 17.7 Å². The molecule has 2 aromatic rings. The number of hydrogen-bond donors (Lipinski definition) is 3. The van der Waals surface area contributed by atoms with Crippen molar-refractivity contribution in [1.82, 2.24) is 4.98 Å². The molecule has 1 heterocycles. The van der Waals surface area contributed by atoms with Crippen LogP contribution in [0.3, 0.4) is 0 Å². The van der Waals surface area contributed by atoms with Gasteiger partial charge >= 0.3 is 0 Å². The van der Waals surface area contributed by atoms with Gasteiger partial charge in [0.25, 0.3) is 0 Å². The number of anilines is 2. The SMILES string of the molecule is COc1cc(NC(=O)C(C)C)cc2sc(NN)nc12. The van der Waals surface area contributed by atoms with Crippen molar-refractivity contribution in [3.8, 4) is 5.75 Å². The normalized spacial score (nSPS) is 10.8. The maximum Gasteiger partial charge on any atom is 0.226 e. The predicted molar refractivity (Wildman–Crippen MR) is 77.4 cm³/mol. The molecule has 102 valence electrons. The summed E-state index contributed by atoms with van der Waals surface area (Å²) in [6.07, 6.45) is 0. The van der Waals surface area contributed by atoms with Gasteiger partial charge in [-0.25, -0.2) is 10.8 Å². The van der Waals surface area contributed by atoms with Gasteiger partial charge in [0.1, 0.15) is 11.3 Å². The van der Waals surface area contributed by atoms with E-state index in [4.69, 9.17) is 10.6 Å². The van der Waals surface area contributed by atoms with Crippen LogP contribution >= 0.6 is 11.3 Å². The zero-order chi connectivity index (χ0) is 14.0. The van der Waals surface area contributed by atoms with Crippen LogP contribution in [0.15, 0.2) is 12.1 Å². The predicted octanol–water partition coefficient (Wildman–Crippen LogP) is 2.18. The number of nitrogens with two attached hydrogens (primary N) is 1. The van der Waals surface area contributed by atoms with Gasteiger partial charge in [-0.2, -0.15) is 0 Å². The molecule has 1 amide bonds. The summed E-state index contributed by atoms with van der Waals surface area (Å²) in [7, 11) is 1.57. The molecule has 0 aliphatic carbocycles. The Bertz CT molecular complexity index is 609. The molecular weight excluding hydrogens is 264 g/mol. The summed E-state index contributed by atoms with van der Waals surface area (Å²) in [4.78, 5) is 16.0. The Kier molecular flexibility index (Phi) is 3.87. The molecule has 0 saturated heterocycles. The number of amides is 1. The van der Waals surface area contributed by atoms with E-state index in [0.717, 1.165) is 10.2 Å². The number of fused-ring (bicyclic) bond motifs is 1. The van der Waals surface area contributed by atoms with E-state index in [1.165, 1.54) is 11.3 Å². The molecule has 0 spiro atoms. The summed E-state index contributed by atoms with van der Waals surface area (Å²) < 4.78 is 6.19. The number of nitrogen functional groups attached to an aromatic ring is 1. The van der Waals surface area contributed by atoms with Crippen LogP contribution in [0.5, 0.6) is 5.75 Å². The summed E-state index contributed by atoms with van der Waals surface area (Å²) in [5, 5.41) is 3.44. The molecule has 4 N–H and O–H groups in total. The molecule has 0 saturated carbocycles. The number of nitrogens with zero attached hydrogens (tertiary/aromatic N) is 1. The van der Waals surface area contributed by atoms with E-state index in [1.54, 1.807) is 13.2 Å². The number of carbonyl (C=O) groups is 1. The molecule has 7 heteroatoms. The van der Waals surface area contributed by atoms with E-state index in [2.05, 4.69) is 15.7 Å². The topological polar surface area (TPSA) is 89.3 Å². The lowest BCUT2D eigenvalue weighted by Gasteiger charge is -2.09. The highest BCUT2D eigenvalue weighted by atomic mass is 32.1. The van der Waals surface area contributed by atoms with E-state index >= 15 is 0 Å². The minimum atomic E-state index is -0.0792. The third kappa shape index (κ3) is 2.77. The monoisotopic (exact) mass is 280 g/mol. The first-order chi connectivity index (χ1) is 9.05. The Morgan fingerprint density at radius 1 is 1.47 bits per heavy atom. The standard InChI is InChI=1S/C12H16N4O2S/c1-6(2)11(17)14-7-4-8(18-3)10-9(5-7)19-12(15-10)16-13/h4-6H,13H2,1-3H3,(H,14,17)(H,15,16). The number of methoxy groups -OCH3 is 1. The van der Waals surface area contributed by atoms with Gasteiger partial charge in [0.15, 0.2) is 5.13 Å². The quantitative estimate of drug-likeness (QED) is 0.590. The molecule has 0 atom stereocenters. The molecular formula is C12H16N4O2S. The minimum Gasteiger partial charge on any atom is -0.494 e. The fraction of sp³-hybridized carbons (Fsp3) is 0.333. The van der Waals surface area contributed by atoms with Crippen molar-refractivity contribution in [3.63, 3.8) is 0 Å². The number of rotatable bonds is 4. The lowest BCUT2D eigenvalue weighted by molar-refractivity contribution is -0.118. The smallest absolute Gasteiger partial charge is 0.226 e. The summed E-state index contributed by atoms with van der Waals surface area (Å²) in [5.41, 5.74) is 3.93. The number of hydrazine groups is 1. The number of carbonyl (C=O) groups excluding carboxylic acids is 1. The zero-order valence-corrected chi connectivity index (χ0v) is 11.8. The van der Waals surface area contributed by atoms with Gasteiger partial charge in [-0.3, -0.25) is 10.2 Å². The Morgan fingerprint density at radius 3 is 2.79 bits per heavy atom. The van der Waals surface area contributed by atoms with Crippen molar-refractivity contribution in [1.29, 1.82) is 0 Å². The maximum absolute atomic E-state index is 11.7. The maximum atomic E-state index is 11.7. The van der Waals surface area contributed by atoms with E-state index in [9.17, 15) is 4.79 Å². The van der Waals surface area contributed by atoms with Crippen LogP contribution in [0.25, 0.3) is 10.2 Å². The van der Waals surface area contributed by atoms with Crippen LogP contribution in [0, 0.1) is 5.92 Å². The molecule has 1 aromatic carbocycles. The fourth-order valence-electron chi connectivity index (χ4n) is 1.57. The van der Waals surface area contributed by atoms with Gasteiger partial charge in [0.05, 0.1) is 11.8 Å². The molecule has 0 fully saturated rings. The van der Waals surface area contributed by atoms with Gasteiger partial charge in [0.2, 0.25) is 5.91 Å². The first-order valence-corrected chi connectivity index (χ1v) is 6.63. The second-order valence-electron chi connectivity index (χ2n) is 4.33. The van der Waals surface area contributed by atoms with Crippen LogP contribution in [-0.2, 0) is 4.79 Å². The van der Waals surface area contributed by atoms with E-state index in [0.29, 0.717) is 16.6 Å². The van der Waals surface area contributed by atoms with Crippen molar-refractivity contribution in [2.75, 3.05) is 17.9 Å². The largest absolute Gasteiger partial charge is 0.494 e. The van der Waals surface area contributed by atoms with Gasteiger partial charge < -0.3 is 10.1 Å². The third-order valence-corrected chi connectivity index (χ3v) is 3.53. The number of hydrogen-bond acceptors (Lipinski definition) is 6. The molecule has 0 aliphatic heterocycles. The van der Waals surface area contributed by atoms with Gasteiger partial charge in [-0.1, -0.05) is 25.2 Å². The third-order valence-electron chi connectivity index (χ3n) is 2.60. The van der Waals surface area contributed by atoms with E-state index in [-0.39, 0.29) is 11.8 Å². The number of benzene rings is 1. The molecule has 0 radical (unpaired) electrons. The fourth-order valence-corrected chi connectivity index (χ4v) is 2.41. The number of ether oxygens (including phenoxy) is 1. The molecule has 0 aliphatic rings. The summed E-state index contributed by atoms with van der Waals surface area (Å²) in [6, 6.07) is 3.61.